The molecule has 100 valence electrons. The van der Waals surface area contributed by atoms with Gasteiger partial charge in [0.2, 0.25) is 0 Å². The number of nitrogens with one attached hydrogen (secondary N) is 1. The van der Waals surface area contributed by atoms with E-state index in [1.807, 2.05) is 30.3 Å². The van der Waals surface area contributed by atoms with Crippen LogP contribution < -0.4 is 11.1 Å². The summed E-state index contributed by atoms with van der Waals surface area (Å²) in [5.41, 5.74) is 7.99. The summed E-state index contributed by atoms with van der Waals surface area (Å²) in [5.74, 6) is 0.228. The van der Waals surface area contributed by atoms with Gasteiger partial charge in [0, 0.05) is 19.0 Å². The van der Waals surface area contributed by atoms with Gasteiger partial charge in [-0.15, -0.1) is 0 Å². The minimum atomic E-state index is 0.0389. The molecule has 0 saturated carbocycles. The zero-order valence-corrected chi connectivity index (χ0v) is 11.3. The van der Waals surface area contributed by atoms with Crippen LogP contribution in [0.1, 0.15) is 23.6 Å². The van der Waals surface area contributed by atoms with Crippen molar-refractivity contribution >= 4 is 17.2 Å². The second kappa shape index (κ2) is 6.92. The Morgan fingerprint density at radius 3 is 2.74 bits per heavy atom. The number of oxime groups is 1. The highest BCUT2D eigenvalue weighted by molar-refractivity contribution is 7.07. The molecular formula is C14H17N3OS. The molecule has 2 rings (SSSR count). The van der Waals surface area contributed by atoms with E-state index < -0.39 is 0 Å². The third kappa shape index (κ3) is 4.08. The number of hydrogen-bond acceptors (Lipinski definition) is 4. The van der Waals surface area contributed by atoms with Crippen LogP contribution in [-0.2, 0) is 6.54 Å². The van der Waals surface area contributed by atoms with Gasteiger partial charge >= 0.3 is 0 Å². The molecule has 0 aliphatic heterocycles. The Morgan fingerprint density at radius 1 is 1.32 bits per heavy atom. The summed E-state index contributed by atoms with van der Waals surface area (Å²) in [6.45, 7) is 0.766. The van der Waals surface area contributed by atoms with Crippen LogP contribution in [0.4, 0.5) is 0 Å². The minimum absolute atomic E-state index is 0.0389. The van der Waals surface area contributed by atoms with Gasteiger partial charge in [-0.2, -0.15) is 11.3 Å². The number of rotatable bonds is 6. The first-order valence-corrected chi connectivity index (χ1v) is 6.99. The second-order valence-electron chi connectivity index (χ2n) is 4.27. The Kier molecular flexibility index (Phi) is 4.94. The van der Waals surface area contributed by atoms with Crippen LogP contribution in [0.2, 0.25) is 0 Å². The topological polar surface area (TPSA) is 70.6 Å². The maximum absolute atomic E-state index is 8.72. The summed E-state index contributed by atoms with van der Waals surface area (Å²) in [6, 6.07) is 12.1. The van der Waals surface area contributed by atoms with Crippen molar-refractivity contribution in [3.63, 3.8) is 0 Å². The summed E-state index contributed by atoms with van der Waals surface area (Å²) in [7, 11) is 0. The molecular weight excluding hydrogens is 258 g/mol. The Labute approximate surface area is 116 Å². The highest BCUT2D eigenvalue weighted by Crippen LogP contribution is 2.17. The van der Waals surface area contributed by atoms with E-state index in [1.165, 1.54) is 5.56 Å². The normalized spacial score (nSPS) is 13.4. The van der Waals surface area contributed by atoms with Crippen molar-refractivity contribution < 1.29 is 5.21 Å². The van der Waals surface area contributed by atoms with E-state index in [9.17, 15) is 0 Å². The molecule has 19 heavy (non-hydrogen) atoms. The van der Waals surface area contributed by atoms with E-state index in [-0.39, 0.29) is 11.9 Å². The van der Waals surface area contributed by atoms with E-state index in [0.29, 0.717) is 6.42 Å². The SMILES string of the molecule is NC(CC(NCc1ccsc1)c1ccccc1)=NO. The van der Waals surface area contributed by atoms with Gasteiger partial charge in [-0.25, -0.2) is 0 Å². The largest absolute Gasteiger partial charge is 0.409 e. The lowest BCUT2D eigenvalue weighted by molar-refractivity contribution is 0.315. The summed E-state index contributed by atoms with van der Waals surface area (Å²) >= 11 is 1.68. The number of thiophene rings is 1. The Morgan fingerprint density at radius 2 is 2.11 bits per heavy atom. The predicted molar refractivity (Wildman–Crippen MR) is 78.4 cm³/mol. The van der Waals surface area contributed by atoms with Gasteiger partial charge < -0.3 is 16.3 Å². The fourth-order valence-electron chi connectivity index (χ4n) is 1.88. The Balaban J connectivity index is 2.06. The summed E-state index contributed by atoms with van der Waals surface area (Å²) in [6.07, 6.45) is 0.477. The highest BCUT2D eigenvalue weighted by Gasteiger charge is 2.13. The molecule has 0 radical (unpaired) electrons. The van der Waals surface area contributed by atoms with Gasteiger partial charge in [0.05, 0.1) is 0 Å². The van der Waals surface area contributed by atoms with Crippen molar-refractivity contribution in [2.45, 2.75) is 19.0 Å². The number of benzene rings is 1. The second-order valence-corrected chi connectivity index (χ2v) is 5.05. The lowest BCUT2D eigenvalue weighted by Crippen LogP contribution is -2.26. The molecule has 0 bridgehead atoms. The van der Waals surface area contributed by atoms with Gasteiger partial charge in [-0.1, -0.05) is 35.5 Å². The van der Waals surface area contributed by atoms with Crippen LogP contribution in [0.5, 0.6) is 0 Å². The zero-order chi connectivity index (χ0) is 13.5. The zero-order valence-electron chi connectivity index (χ0n) is 10.5. The van der Waals surface area contributed by atoms with Crippen LogP contribution in [0.25, 0.3) is 0 Å². The van der Waals surface area contributed by atoms with Crippen molar-refractivity contribution in [3.8, 4) is 0 Å². The third-order valence-corrected chi connectivity index (χ3v) is 3.61. The molecule has 0 saturated heterocycles. The number of hydrogen-bond donors (Lipinski definition) is 3. The summed E-state index contributed by atoms with van der Waals surface area (Å²) in [5, 5.41) is 19.4. The lowest BCUT2D eigenvalue weighted by atomic mass is 10.0. The molecule has 1 aromatic heterocycles. The molecule has 4 N–H and O–H groups in total. The van der Waals surface area contributed by atoms with Crippen molar-refractivity contribution in [1.82, 2.24) is 5.32 Å². The molecule has 0 aliphatic carbocycles. The first kappa shape index (κ1) is 13.6. The molecule has 1 atom stereocenters. The van der Waals surface area contributed by atoms with Gasteiger partial charge in [-0.05, 0) is 28.0 Å². The van der Waals surface area contributed by atoms with Crippen LogP contribution in [0, 0.1) is 0 Å². The maximum Gasteiger partial charge on any atom is 0.141 e. The fraction of sp³-hybridized carbons (Fsp3) is 0.214. The van der Waals surface area contributed by atoms with E-state index in [4.69, 9.17) is 10.9 Å². The fourth-order valence-corrected chi connectivity index (χ4v) is 2.55. The van der Waals surface area contributed by atoms with Crippen LogP contribution in [-0.4, -0.2) is 11.0 Å². The average Bonchev–Trinajstić information content (AvgIpc) is 2.97. The van der Waals surface area contributed by atoms with Crippen LogP contribution in [0.3, 0.4) is 0 Å². The standard InChI is InChI=1S/C14H17N3OS/c15-14(17-18)8-13(12-4-2-1-3-5-12)16-9-11-6-7-19-10-11/h1-7,10,13,16,18H,8-9H2,(H2,15,17). The molecule has 5 heteroatoms. The number of nitrogens with two attached hydrogens (primary N) is 1. The van der Waals surface area contributed by atoms with E-state index >= 15 is 0 Å². The molecule has 1 aromatic carbocycles. The monoisotopic (exact) mass is 275 g/mol. The predicted octanol–water partition coefficient (Wildman–Crippen LogP) is 2.72. The van der Waals surface area contributed by atoms with Crippen LogP contribution >= 0.6 is 11.3 Å². The molecule has 0 amide bonds. The first-order chi connectivity index (χ1) is 9.29. The van der Waals surface area contributed by atoms with Crippen molar-refractivity contribution in [2.24, 2.45) is 10.9 Å². The first-order valence-electron chi connectivity index (χ1n) is 6.05. The maximum atomic E-state index is 8.72. The van der Waals surface area contributed by atoms with Gasteiger partial charge in [0.1, 0.15) is 5.84 Å². The molecule has 0 aliphatic rings. The quantitative estimate of drug-likeness (QED) is 0.328. The number of nitrogens with zero attached hydrogens (tertiary/aromatic N) is 1. The summed E-state index contributed by atoms with van der Waals surface area (Å²) in [4.78, 5) is 0. The Hall–Kier alpha value is -1.85. The van der Waals surface area contributed by atoms with Crippen molar-refractivity contribution in [1.29, 1.82) is 0 Å². The van der Waals surface area contributed by atoms with E-state index in [0.717, 1.165) is 12.1 Å². The Bertz CT molecular complexity index is 511. The van der Waals surface area contributed by atoms with Crippen molar-refractivity contribution in [3.05, 3.63) is 58.3 Å². The molecule has 1 unspecified atom stereocenters. The number of amidine groups is 1. The molecule has 2 aromatic rings. The summed E-state index contributed by atoms with van der Waals surface area (Å²) < 4.78 is 0. The van der Waals surface area contributed by atoms with Gasteiger partial charge in [-0.3, -0.25) is 0 Å². The van der Waals surface area contributed by atoms with E-state index in [1.54, 1.807) is 11.3 Å². The van der Waals surface area contributed by atoms with Crippen molar-refractivity contribution in [2.75, 3.05) is 0 Å². The third-order valence-electron chi connectivity index (χ3n) is 2.88. The minimum Gasteiger partial charge on any atom is -0.409 e. The lowest BCUT2D eigenvalue weighted by Gasteiger charge is -2.18. The smallest absolute Gasteiger partial charge is 0.141 e. The molecule has 1 heterocycles. The van der Waals surface area contributed by atoms with Gasteiger partial charge in [0.15, 0.2) is 0 Å². The molecule has 0 fully saturated rings. The van der Waals surface area contributed by atoms with Gasteiger partial charge in [0.25, 0.3) is 0 Å². The average molecular weight is 275 g/mol. The molecule has 4 nitrogen and oxygen atoms in total. The molecule has 0 spiro atoms. The van der Waals surface area contributed by atoms with Crippen LogP contribution in [0.15, 0.2) is 52.3 Å². The van der Waals surface area contributed by atoms with E-state index in [2.05, 4.69) is 27.3 Å². The highest BCUT2D eigenvalue weighted by atomic mass is 32.1.